The third-order valence-corrected chi connectivity index (χ3v) is 3.64. The maximum Gasteiger partial charge on any atom is 0.352 e. The number of hydrogen-bond acceptors (Lipinski definition) is 3. The number of fused-ring (bicyclic) bond motifs is 1. The van der Waals surface area contributed by atoms with Crippen molar-refractivity contribution in [1.82, 2.24) is 4.98 Å². The van der Waals surface area contributed by atoms with Crippen molar-refractivity contribution in [1.29, 1.82) is 0 Å². The molecular weight excluding hydrogens is 348 g/mol. The first-order valence-electron chi connectivity index (χ1n) is 6.46. The molecule has 22 heavy (non-hydrogen) atoms. The lowest BCUT2D eigenvalue weighted by Crippen LogP contribution is -2.10. The molecule has 5 nitrogen and oxygen atoms in total. The van der Waals surface area contributed by atoms with Crippen LogP contribution < -0.4 is 10.7 Å². The van der Waals surface area contributed by atoms with E-state index in [0.29, 0.717) is 16.6 Å². The molecular formula is C16H11BrN2O3. The molecule has 0 spiro atoms. The summed E-state index contributed by atoms with van der Waals surface area (Å²) in [7, 11) is 0. The van der Waals surface area contributed by atoms with Gasteiger partial charge < -0.3 is 15.4 Å². The Kier molecular flexibility index (Phi) is 3.68. The van der Waals surface area contributed by atoms with Gasteiger partial charge in [-0.05, 0) is 24.3 Å². The molecule has 0 amide bonds. The van der Waals surface area contributed by atoms with Gasteiger partial charge in [0.25, 0.3) is 0 Å². The molecule has 6 heteroatoms. The molecule has 1 heterocycles. The van der Waals surface area contributed by atoms with Crippen molar-refractivity contribution in [2.24, 2.45) is 0 Å². The number of H-pyrrole nitrogens is 1. The Morgan fingerprint density at radius 3 is 2.55 bits per heavy atom. The normalized spacial score (nSPS) is 10.6. The summed E-state index contributed by atoms with van der Waals surface area (Å²) in [5, 5.41) is 12.7. The van der Waals surface area contributed by atoms with Crippen molar-refractivity contribution >= 4 is 44.2 Å². The second kappa shape index (κ2) is 5.65. The highest BCUT2D eigenvalue weighted by atomic mass is 79.9. The second-order valence-electron chi connectivity index (χ2n) is 4.72. The number of aromatic nitrogens is 1. The number of halogens is 1. The van der Waals surface area contributed by atoms with Crippen LogP contribution >= 0.6 is 15.9 Å². The third kappa shape index (κ3) is 2.73. The van der Waals surface area contributed by atoms with Gasteiger partial charge in [0.15, 0.2) is 5.43 Å². The molecule has 0 radical (unpaired) electrons. The molecule has 0 saturated heterocycles. The number of aromatic carboxylic acids is 1. The fourth-order valence-electron chi connectivity index (χ4n) is 2.21. The third-order valence-electron chi connectivity index (χ3n) is 3.19. The zero-order chi connectivity index (χ0) is 15.7. The highest BCUT2D eigenvalue weighted by molar-refractivity contribution is 9.10. The molecule has 3 rings (SSSR count). The fourth-order valence-corrected chi connectivity index (χ4v) is 2.66. The summed E-state index contributed by atoms with van der Waals surface area (Å²) in [6.45, 7) is 0. The van der Waals surface area contributed by atoms with Crippen LogP contribution in [0.25, 0.3) is 10.9 Å². The van der Waals surface area contributed by atoms with E-state index in [1.807, 2.05) is 30.3 Å². The highest BCUT2D eigenvalue weighted by Gasteiger charge is 2.12. The molecule has 0 atom stereocenters. The van der Waals surface area contributed by atoms with Crippen LogP contribution in [-0.2, 0) is 0 Å². The van der Waals surface area contributed by atoms with Crippen molar-refractivity contribution in [2.45, 2.75) is 0 Å². The average molecular weight is 359 g/mol. The molecule has 0 aliphatic heterocycles. The minimum atomic E-state index is -1.17. The predicted molar refractivity (Wildman–Crippen MR) is 89.0 cm³/mol. The predicted octanol–water partition coefficient (Wildman–Crippen LogP) is 3.73. The van der Waals surface area contributed by atoms with Gasteiger partial charge in [-0.1, -0.05) is 34.1 Å². The summed E-state index contributed by atoms with van der Waals surface area (Å²) < 4.78 is 0.729. The largest absolute Gasteiger partial charge is 0.477 e. The Morgan fingerprint density at radius 1 is 1.14 bits per heavy atom. The lowest BCUT2D eigenvalue weighted by Gasteiger charge is -2.11. The molecule has 3 N–H and O–H groups in total. The van der Waals surface area contributed by atoms with Gasteiger partial charge in [0.05, 0.1) is 11.2 Å². The van der Waals surface area contributed by atoms with E-state index < -0.39 is 5.97 Å². The summed E-state index contributed by atoms with van der Waals surface area (Å²) in [6.07, 6.45) is 0. The van der Waals surface area contributed by atoms with Crippen molar-refractivity contribution < 1.29 is 9.90 Å². The molecule has 110 valence electrons. The van der Waals surface area contributed by atoms with Crippen LogP contribution in [-0.4, -0.2) is 16.1 Å². The standard InChI is InChI=1S/C16H11BrN2O3/c17-9-6-11-14(20)8-13(16(21)22)19-15(11)12(7-9)18-10-4-2-1-3-5-10/h1-8,18H,(H,19,20)(H,21,22). The van der Waals surface area contributed by atoms with Gasteiger partial charge in [-0.25, -0.2) is 4.79 Å². The number of carboxylic acid groups (broad SMARTS) is 1. The fraction of sp³-hybridized carbons (Fsp3) is 0. The Balaban J connectivity index is 2.24. The van der Waals surface area contributed by atoms with E-state index in [1.54, 1.807) is 12.1 Å². The number of para-hydroxylation sites is 1. The van der Waals surface area contributed by atoms with Crippen LogP contribution in [0.2, 0.25) is 0 Å². The molecule has 0 aliphatic carbocycles. The van der Waals surface area contributed by atoms with Crippen LogP contribution in [0.15, 0.2) is 57.8 Å². The first kappa shape index (κ1) is 14.3. The van der Waals surface area contributed by atoms with Crippen LogP contribution in [0, 0.1) is 0 Å². The van der Waals surface area contributed by atoms with E-state index in [2.05, 4.69) is 26.2 Å². The molecule has 3 aromatic rings. The summed E-state index contributed by atoms with van der Waals surface area (Å²) in [4.78, 5) is 26.1. The number of hydrogen-bond donors (Lipinski definition) is 3. The van der Waals surface area contributed by atoms with Gasteiger partial charge in [0.2, 0.25) is 0 Å². The summed E-state index contributed by atoms with van der Waals surface area (Å²) in [6, 6.07) is 14.0. The van der Waals surface area contributed by atoms with Crippen LogP contribution in [0.1, 0.15) is 10.5 Å². The Bertz CT molecular complexity index is 920. The van der Waals surface area contributed by atoms with E-state index in [1.165, 1.54) is 0 Å². The lowest BCUT2D eigenvalue weighted by atomic mass is 10.1. The number of anilines is 2. The second-order valence-corrected chi connectivity index (χ2v) is 5.64. The summed E-state index contributed by atoms with van der Waals surface area (Å²) in [5.41, 5.74) is 1.43. The topological polar surface area (TPSA) is 82.2 Å². The van der Waals surface area contributed by atoms with Gasteiger partial charge in [-0.2, -0.15) is 0 Å². The summed E-state index contributed by atoms with van der Waals surface area (Å²) >= 11 is 3.37. The molecule has 0 unspecified atom stereocenters. The summed E-state index contributed by atoms with van der Waals surface area (Å²) in [5.74, 6) is -1.17. The average Bonchev–Trinajstić information content (AvgIpc) is 2.49. The Labute approximate surface area is 133 Å². The number of carbonyl (C=O) groups is 1. The number of carboxylic acids is 1. The SMILES string of the molecule is O=C(O)c1cc(=O)c2cc(Br)cc(Nc3ccccc3)c2[nH]1. The minimum Gasteiger partial charge on any atom is -0.477 e. The van der Waals surface area contributed by atoms with Crippen molar-refractivity contribution in [3.05, 3.63) is 68.9 Å². The molecule has 0 saturated carbocycles. The number of rotatable bonds is 3. The van der Waals surface area contributed by atoms with Crippen molar-refractivity contribution in [3.8, 4) is 0 Å². The molecule has 0 bridgehead atoms. The van der Waals surface area contributed by atoms with E-state index >= 15 is 0 Å². The number of nitrogens with one attached hydrogen (secondary N) is 2. The highest BCUT2D eigenvalue weighted by Crippen LogP contribution is 2.28. The first-order chi connectivity index (χ1) is 10.5. The van der Waals surface area contributed by atoms with Gasteiger partial charge in [-0.15, -0.1) is 0 Å². The van der Waals surface area contributed by atoms with Crippen molar-refractivity contribution in [3.63, 3.8) is 0 Å². The molecule has 0 aliphatic rings. The van der Waals surface area contributed by atoms with E-state index in [-0.39, 0.29) is 11.1 Å². The minimum absolute atomic E-state index is 0.143. The van der Waals surface area contributed by atoms with Gasteiger partial charge in [0, 0.05) is 21.6 Å². The van der Waals surface area contributed by atoms with E-state index in [0.717, 1.165) is 16.2 Å². The molecule has 0 fully saturated rings. The Morgan fingerprint density at radius 2 is 1.86 bits per heavy atom. The zero-order valence-corrected chi connectivity index (χ0v) is 12.8. The van der Waals surface area contributed by atoms with Crippen LogP contribution in [0.3, 0.4) is 0 Å². The van der Waals surface area contributed by atoms with E-state index in [9.17, 15) is 9.59 Å². The Hall–Kier alpha value is -2.60. The smallest absolute Gasteiger partial charge is 0.352 e. The van der Waals surface area contributed by atoms with Crippen molar-refractivity contribution in [2.75, 3.05) is 5.32 Å². The number of aromatic amines is 1. The molecule has 1 aromatic heterocycles. The lowest BCUT2D eigenvalue weighted by molar-refractivity contribution is 0.0691. The number of pyridine rings is 1. The van der Waals surface area contributed by atoms with Crippen LogP contribution in [0.4, 0.5) is 11.4 Å². The maximum absolute atomic E-state index is 12.1. The van der Waals surface area contributed by atoms with Gasteiger partial charge in [0.1, 0.15) is 5.69 Å². The molecule has 2 aromatic carbocycles. The quantitative estimate of drug-likeness (QED) is 0.666. The van der Waals surface area contributed by atoms with Gasteiger partial charge >= 0.3 is 5.97 Å². The maximum atomic E-state index is 12.1. The van der Waals surface area contributed by atoms with Crippen LogP contribution in [0.5, 0.6) is 0 Å². The monoisotopic (exact) mass is 358 g/mol. The van der Waals surface area contributed by atoms with Gasteiger partial charge in [-0.3, -0.25) is 4.79 Å². The van der Waals surface area contributed by atoms with E-state index in [4.69, 9.17) is 5.11 Å². The zero-order valence-electron chi connectivity index (χ0n) is 11.3. The number of benzene rings is 2. The first-order valence-corrected chi connectivity index (χ1v) is 7.26.